The SMILES string of the molecule is C=CC1CC(=O)N(c2ccc(NC(C)=O)c(Cl)c2)C1. The van der Waals surface area contributed by atoms with Crippen molar-refractivity contribution in [3.63, 3.8) is 0 Å². The standard InChI is InChI=1S/C14H15ClN2O2/c1-3-10-6-14(19)17(8-10)11-4-5-13(12(15)7-11)16-9(2)18/h3-5,7,10H,1,6,8H2,2H3,(H,16,18). The average Bonchev–Trinajstić information content (AvgIpc) is 2.73. The third-order valence-electron chi connectivity index (χ3n) is 3.06. The van der Waals surface area contributed by atoms with Gasteiger partial charge in [0.1, 0.15) is 0 Å². The molecule has 0 radical (unpaired) electrons. The van der Waals surface area contributed by atoms with E-state index in [9.17, 15) is 9.59 Å². The highest BCUT2D eigenvalue weighted by molar-refractivity contribution is 6.34. The van der Waals surface area contributed by atoms with Crippen LogP contribution in [0.3, 0.4) is 0 Å². The molecular formula is C14H15ClN2O2. The quantitative estimate of drug-likeness (QED) is 0.865. The second kappa shape index (κ2) is 5.45. The summed E-state index contributed by atoms with van der Waals surface area (Å²) in [7, 11) is 0. The molecule has 0 aromatic heterocycles. The summed E-state index contributed by atoms with van der Waals surface area (Å²) in [6, 6.07) is 5.17. The van der Waals surface area contributed by atoms with Gasteiger partial charge in [-0.3, -0.25) is 9.59 Å². The van der Waals surface area contributed by atoms with E-state index < -0.39 is 0 Å². The van der Waals surface area contributed by atoms with Gasteiger partial charge < -0.3 is 10.2 Å². The molecule has 1 saturated heterocycles. The van der Waals surface area contributed by atoms with Gasteiger partial charge in [0, 0.05) is 31.5 Å². The van der Waals surface area contributed by atoms with Crippen LogP contribution < -0.4 is 10.2 Å². The maximum Gasteiger partial charge on any atom is 0.227 e. The summed E-state index contributed by atoms with van der Waals surface area (Å²) in [5.74, 6) is 0.0631. The molecule has 2 rings (SSSR count). The predicted octanol–water partition coefficient (Wildman–Crippen LogP) is 2.84. The normalized spacial score (nSPS) is 18.5. The Bertz CT molecular complexity index is 542. The Hall–Kier alpha value is -1.81. The summed E-state index contributed by atoms with van der Waals surface area (Å²) in [6.45, 7) is 5.76. The van der Waals surface area contributed by atoms with Crippen LogP contribution in [0.4, 0.5) is 11.4 Å². The van der Waals surface area contributed by atoms with E-state index in [-0.39, 0.29) is 17.7 Å². The largest absolute Gasteiger partial charge is 0.325 e. The maximum atomic E-state index is 11.9. The molecule has 1 N–H and O–H groups in total. The number of carbonyl (C=O) groups is 2. The molecule has 5 heteroatoms. The van der Waals surface area contributed by atoms with Crippen LogP contribution in [0.15, 0.2) is 30.9 Å². The van der Waals surface area contributed by atoms with Crippen molar-refractivity contribution in [1.29, 1.82) is 0 Å². The molecule has 1 unspecified atom stereocenters. The molecule has 4 nitrogen and oxygen atoms in total. The second-order valence-corrected chi connectivity index (χ2v) is 4.96. The summed E-state index contributed by atoms with van der Waals surface area (Å²) in [4.78, 5) is 24.6. The molecule has 1 aliphatic rings. The van der Waals surface area contributed by atoms with Crippen molar-refractivity contribution in [1.82, 2.24) is 0 Å². The Labute approximate surface area is 117 Å². The van der Waals surface area contributed by atoms with Gasteiger partial charge in [0.25, 0.3) is 0 Å². The Kier molecular flexibility index (Phi) is 3.90. The van der Waals surface area contributed by atoms with Crippen LogP contribution in [0.2, 0.25) is 5.02 Å². The molecule has 19 heavy (non-hydrogen) atoms. The van der Waals surface area contributed by atoms with Crippen molar-refractivity contribution in [3.05, 3.63) is 35.9 Å². The molecule has 0 bridgehead atoms. The van der Waals surface area contributed by atoms with Gasteiger partial charge in [-0.1, -0.05) is 17.7 Å². The molecule has 0 saturated carbocycles. The van der Waals surface area contributed by atoms with E-state index in [0.717, 1.165) is 5.69 Å². The number of hydrogen-bond acceptors (Lipinski definition) is 2. The third kappa shape index (κ3) is 2.96. The van der Waals surface area contributed by atoms with Crippen molar-refractivity contribution in [2.45, 2.75) is 13.3 Å². The first-order chi connectivity index (χ1) is 9.01. The van der Waals surface area contributed by atoms with Crippen LogP contribution in [0.25, 0.3) is 0 Å². The number of hydrogen-bond donors (Lipinski definition) is 1. The lowest BCUT2D eigenvalue weighted by Crippen LogP contribution is -2.24. The van der Waals surface area contributed by atoms with Crippen molar-refractivity contribution in [2.75, 3.05) is 16.8 Å². The Balaban J connectivity index is 2.22. The van der Waals surface area contributed by atoms with Crippen molar-refractivity contribution in [2.24, 2.45) is 5.92 Å². The summed E-state index contributed by atoms with van der Waals surface area (Å²) < 4.78 is 0. The van der Waals surface area contributed by atoms with Crippen LogP contribution in [-0.4, -0.2) is 18.4 Å². The molecule has 100 valence electrons. The highest BCUT2D eigenvalue weighted by atomic mass is 35.5. The minimum atomic E-state index is -0.182. The van der Waals surface area contributed by atoms with Gasteiger partial charge in [-0.15, -0.1) is 6.58 Å². The zero-order valence-electron chi connectivity index (χ0n) is 10.6. The number of amides is 2. The number of halogens is 1. The molecule has 0 aliphatic carbocycles. The zero-order chi connectivity index (χ0) is 14.0. The smallest absolute Gasteiger partial charge is 0.227 e. The van der Waals surface area contributed by atoms with Gasteiger partial charge in [0.05, 0.1) is 10.7 Å². The minimum absolute atomic E-state index is 0.0632. The lowest BCUT2D eigenvalue weighted by Gasteiger charge is -2.17. The molecule has 1 atom stereocenters. The number of anilines is 2. The fraction of sp³-hybridized carbons (Fsp3) is 0.286. The van der Waals surface area contributed by atoms with Crippen LogP contribution in [0, 0.1) is 5.92 Å². The van der Waals surface area contributed by atoms with Crippen LogP contribution in [-0.2, 0) is 9.59 Å². The number of carbonyl (C=O) groups excluding carboxylic acids is 2. The van der Waals surface area contributed by atoms with Crippen LogP contribution in [0.1, 0.15) is 13.3 Å². The summed E-state index contributed by atoms with van der Waals surface area (Å²) in [5, 5.41) is 3.05. The molecule has 1 aromatic rings. The van der Waals surface area contributed by atoms with E-state index in [4.69, 9.17) is 11.6 Å². The molecular weight excluding hydrogens is 264 g/mol. The third-order valence-corrected chi connectivity index (χ3v) is 3.38. The van der Waals surface area contributed by atoms with E-state index in [1.54, 1.807) is 29.2 Å². The highest BCUT2D eigenvalue weighted by Gasteiger charge is 2.28. The Morgan fingerprint density at radius 3 is 2.84 bits per heavy atom. The lowest BCUT2D eigenvalue weighted by molar-refractivity contribution is -0.117. The second-order valence-electron chi connectivity index (χ2n) is 4.55. The first-order valence-electron chi connectivity index (χ1n) is 6.01. The monoisotopic (exact) mass is 278 g/mol. The molecule has 0 spiro atoms. The number of nitrogens with one attached hydrogen (secondary N) is 1. The van der Waals surface area contributed by atoms with Gasteiger partial charge in [-0.2, -0.15) is 0 Å². The van der Waals surface area contributed by atoms with E-state index in [1.165, 1.54) is 6.92 Å². The van der Waals surface area contributed by atoms with Gasteiger partial charge in [-0.25, -0.2) is 0 Å². The van der Waals surface area contributed by atoms with Gasteiger partial charge in [0.15, 0.2) is 0 Å². The van der Waals surface area contributed by atoms with Gasteiger partial charge >= 0.3 is 0 Å². The summed E-state index contributed by atoms with van der Waals surface area (Å²) in [6.07, 6.45) is 2.28. The fourth-order valence-electron chi connectivity index (χ4n) is 2.11. The minimum Gasteiger partial charge on any atom is -0.325 e. The average molecular weight is 279 g/mol. The van der Waals surface area contributed by atoms with E-state index in [0.29, 0.717) is 23.7 Å². The molecule has 2 amide bonds. The van der Waals surface area contributed by atoms with Crippen molar-refractivity contribution >= 4 is 34.8 Å². The Morgan fingerprint density at radius 1 is 1.58 bits per heavy atom. The van der Waals surface area contributed by atoms with E-state index >= 15 is 0 Å². The summed E-state index contributed by atoms with van der Waals surface area (Å²) in [5.41, 5.74) is 1.29. The fourth-order valence-corrected chi connectivity index (χ4v) is 2.33. The van der Waals surface area contributed by atoms with Gasteiger partial charge in [0.2, 0.25) is 11.8 Å². The molecule has 1 fully saturated rings. The van der Waals surface area contributed by atoms with Crippen molar-refractivity contribution in [3.8, 4) is 0 Å². The maximum absolute atomic E-state index is 11.9. The van der Waals surface area contributed by atoms with Crippen LogP contribution in [0.5, 0.6) is 0 Å². The molecule has 1 aromatic carbocycles. The first-order valence-corrected chi connectivity index (χ1v) is 6.39. The Morgan fingerprint density at radius 2 is 2.32 bits per heavy atom. The lowest BCUT2D eigenvalue weighted by atomic mass is 10.1. The molecule has 1 aliphatic heterocycles. The number of nitrogens with zero attached hydrogens (tertiary/aromatic N) is 1. The summed E-state index contributed by atoms with van der Waals surface area (Å²) >= 11 is 6.10. The topological polar surface area (TPSA) is 49.4 Å². The van der Waals surface area contributed by atoms with Crippen molar-refractivity contribution < 1.29 is 9.59 Å². The number of benzene rings is 1. The van der Waals surface area contributed by atoms with E-state index in [1.807, 2.05) is 0 Å². The molecule has 1 heterocycles. The van der Waals surface area contributed by atoms with E-state index in [2.05, 4.69) is 11.9 Å². The van der Waals surface area contributed by atoms with Gasteiger partial charge in [-0.05, 0) is 18.2 Å². The predicted molar refractivity (Wildman–Crippen MR) is 76.4 cm³/mol. The number of rotatable bonds is 3. The zero-order valence-corrected chi connectivity index (χ0v) is 11.4. The highest BCUT2D eigenvalue weighted by Crippen LogP contribution is 2.31. The first kappa shape index (κ1) is 13.6. The van der Waals surface area contributed by atoms with Crippen LogP contribution >= 0.6 is 11.6 Å².